The van der Waals surface area contributed by atoms with E-state index in [0.717, 1.165) is 24.2 Å². The van der Waals surface area contributed by atoms with E-state index in [1.165, 1.54) is 19.3 Å². The quantitative estimate of drug-likeness (QED) is 0.295. The molecule has 5 heteroatoms. The number of nitrogens with zero attached hydrogens (tertiary/aromatic N) is 3. The molecule has 0 saturated carbocycles. The number of azide groups is 1. The maximum Gasteiger partial charge on any atom is 0.200 e. The first-order valence-electron chi connectivity index (χ1n) is 7.48. The van der Waals surface area contributed by atoms with Gasteiger partial charge < -0.3 is 9.47 Å². The Morgan fingerprint density at radius 3 is 2.95 bits per heavy atom. The van der Waals surface area contributed by atoms with Crippen molar-refractivity contribution in [2.75, 3.05) is 6.61 Å². The summed E-state index contributed by atoms with van der Waals surface area (Å²) in [6, 6.07) is 7.43. The monoisotopic (exact) mass is 287 g/mol. The molecule has 1 atom stereocenters. The minimum Gasteiger partial charge on any atom is -0.465 e. The van der Waals surface area contributed by atoms with E-state index in [2.05, 4.69) is 16.9 Å². The molecule has 1 heterocycles. The van der Waals surface area contributed by atoms with Crippen molar-refractivity contribution in [2.45, 2.75) is 45.3 Å². The summed E-state index contributed by atoms with van der Waals surface area (Å²) in [5.41, 5.74) is 10.0. The molecule has 5 nitrogen and oxygen atoms in total. The molecule has 1 aromatic carbocycles. The number of ether oxygens (including phenoxy) is 2. The van der Waals surface area contributed by atoms with E-state index in [1.807, 2.05) is 24.3 Å². The van der Waals surface area contributed by atoms with E-state index >= 15 is 0 Å². The van der Waals surface area contributed by atoms with Gasteiger partial charge in [-0.25, -0.2) is 0 Å². The van der Waals surface area contributed by atoms with Crippen LogP contribution in [0.4, 0.5) is 5.69 Å². The van der Waals surface area contributed by atoms with Gasteiger partial charge in [-0.05, 0) is 18.0 Å². The summed E-state index contributed by atoms with van der Waals surface area (Å²) in [6.07, 6.45) is 7.33. The third kappa shape index (κ3) is 4.52. The lowest BCUT2D eigenvalue weighted by Crippen LogP contribution is -2.21. The van der Waals surface area contributed by atoms with E-state index in [-0.39, 0.29) is 6.29 Å². The van der Waals surface area contributed by atoms with Crippen LogP contribution in [0.25, 0.3) is 16.2 Å². The van der Waals surface area contributed by atoms with Crippen LogP contribution in [-0.2, 0) is 9.47 Å². The minimum atomic E-state index is -0.207. The molecule has 0 bridgehead atoms. The second-order valence-corrected chi connectivity index (χ2v) is 5.01. The standard InChI is InChI=1S/C16H21N3O2/c1-2-3-4-5-10-16-20-12-11-15(21-16)13-8-6-7-9-14(13)18-19-17/h6-9,11,16H,2-5,10,12H2,1H3. The molecule has 0 amide bonds. The van der Waals surface area contributed by atoms with Crippen LogP contribution >= 0.6 is 0 Å². The third-order valence-corrected chi connectivity index (χ3v) is 3.42. The van der Waals surface area contributed by atoms with Crippen LogP contribution in [0.5, 0.6) is 0 Å². The van der Waals surface area contributed by atoms with Crippen molar-refractivity contribution in [1.82, 2.24) is 0 Å². The Balaban J connectivity index is 2.01. The van der Waals surface area contributed by atoms with Gasteiger partial charge in [0, 0.05) is 22.6 Å². The second-order valence-electron chi connectivity index (χ2n) is 5.01. The van der Waals surface area contributed by atoms with E-state index in [0.29, 0.717) is 12.3 Å². The molecule has 112 valence electrons. The molecule has 0 N–H and O–H groups in total. The van der Waals surface area contributed by atoms with Gasteiger partial charge in [0.2, 0.25) is 0 Å². The topological polar surface area (TPSA) is 67.2 Å². The summed E-state index contributed by atoms with van der Waals surface area (Å²) in [7, 11) is 0. The molecule has 0 fully saturated rings. The Kier molecular flexibility index (Phi) is 6.13. The van der Waals surface area contributed by atoms with Gasteiger partial charge in [-0.3, -0.25) is 0 Å². The Bertz CT molecular complexity index is 536. The molecule has 1 aliphatic heterocycles. The molecule has 0 aromatic heterocycles. The summed E-state index contributed by atoms with van der Waals surface area (Å²) in [5.74, 6) is 0.741. The Labute approximate surface area is 125 Å². The van der Waals surface area contributed by atoms with Crippen LogP contribution in [0.3, 0.4) is 0 Å². The number of benzene rings is 1. The first kappa shape index (κ1) is 15.4. The van der Waals surface area contributed by atoms with Crippen molar-refractivity contribution in [1.29, 1.82) is 0 Å². The van der Waals surface area contributed by atoms with Gasteiger partial charge in [0.1, 0.15) is 5.76 Å². The van der Waals surface area contributed by atoms with Crippen LogP contribution in [0.2, 0.25) is 0 Å². The fourth-order valence-electron chi connectivity index (χ4n) is 2.33. The van der Waals surface area contributed by atoms with Gasteiger partial charge in [-0.1, -0.05) is 55.6 Å². The van der Waals surface area contributed by atoms with Crippen LogP contribution in [0, 0.1) is 0 Å². The predicted molar refractivity (Wildman–Crippen MR) is 82.8 cm³/mol. The fourth-order valence-corrected chi connectivity index (χ4v) is 2.33. The highest BCUT2D eigenvalue weighted by Gasteiger charge is 2.19. The predicted octanol–water partition coefficient (Wildman–Crippen LogP) is 5.31. The highest BCUT2D eigenvalue weighted by Crippen LogP contribution is 2.31. The lowest BCUT2D eigenvalue weighted by atomic mass is 10.1. The molecule has 0 saturated heterocycles. The van der Waals surface area contributed by atoms with E-state index < -0.39 is 0 Å². The first-order chi connectivity index (χ1) is 10.3. The van der Waals surface area contributed by atoms with Crippen LogP contribution < -0.4 is 0 Å². The molecular formula is C16H21N3O2. The summed E-state index contributed by atoms with van der Waals surface area (Å²) in [6.45, 7) is 2.72. The van der Waals surface area contributed by atoms with Crippen LogP contribution in [-0.4, -0.2) is 12.9 Å². The SMILES string of the molecule is CCCCCCC1OCC=C(c2ccccc2N=[N+]=[N-])O1. The van der Waals surface area contributed by atoms with Crippen molar-refractivity contribution >= 4 is 11.4 Å². The minimum absolute atomic E-state index is 0.207. The molecule has 0 aliphatic carbocycles. The molecule has 1 aromatic rings. The number of rotatable bonds is 7. The van der Waals surface area contributed by atoms with Crippen molar-refractivity contribution < 1.29 is 9.47 Å². The van der Waals surface area contributed by atoms with Crippen molar-refractivity contribution in [3.63, 3.8) is 0 Å². The van der Waals surface area contributed by atoms with Crippen molar-refractivity contribution in [3.8, 4) is 0 Å². The molecule has 0 radical (unpaired) electrons. The summed E-state index contributed by atoms with van der Waals surface area (Å²) in [4.78, 5) is 2.86. The molecular weight excluding hydrogens is 266 g/mol. The van der Waals surface area contributed by atoms with Gasteiger partial charge in [0.15, 0.2) is 6.29 Å². The zero-order chi connectivity index (χ0) is 14.9. The first-order valence-corrected chi connectivity index (χ1v) is 7.48. The van der Waals surface area contributed by atoms with Crippen LogP contribution in [0.1, 0.15) is 44.6 Å². The lowest BCUT2D eigenvalue weighted by molar-refractivity contribution is -0.104. The fraction of sp³-hybridized carbons (Fsp3) is 0.500. The average Bonchev–Trinajstić information content (AvgIpc) is 2.53. The average molecular weight is 287 g/mol. The normalized spacial score (nSPS) is 17.6. The summed E-state index contributed by atoms with van der Waals surface area (Å²) >= 11 is 0. The smallest absolute Gasteiger partial charge is 0.200 e. The second kappa shape index (κ2) is 8.35. The Hall–Kier alpha value is -1.97. The van der Waals surface area contributed by atoms with Crippen LogP contribution in [0.15, 0.2) is 35.5 Å². The summed E-state index contributed by atoms with van der Waals surface area (Å²) in [5, 5.41) is 3.71. The van der Waals surface area contributed by atoms with E-state index in [4.69, 9.17) is 15.0 Å². The number of hydrogen-bond acceptors (Lipinski definition) is 3. The molecule has 2 rings (SSSR count). The van der Waals surface area contributed by atoms with E-state index in [9.17, 15) is 0 Å². The zero-order valence-corrected chi connectivity index (χ0v) is 12.4. The van der Waals surface area contributed by atoms with Gasteiger partial charge >= 0.3 is 0 Å². The number of unbranched alkanes of at least 4 members (excludes halogenated alkanes) is 3. The highest BCUT2D eigenvalue weighted by atomic mass is 16.7. The molecule has 21 heavy (non-hydrogen) atoms. The van der Waals surface area contributed by atoms with Crippen molar-refractivity contribution in [2.24, 2.45) is 5.11 Å². The van der Waals surface area contributed by atoms with Gasteiger partial charge in [-0.15, -0.1) is 0 Å². The lowest BCUT2D eigenvalue weighted by Gasteiger charge is -2.25. The third-order valence-electron chi connectivity index (χ3n) is 3.42. The highest BCUT2D eigenvalue weighted by molar-refractivity contribution is 5.70. The van der Waals surface area contributed by atoms with E-state index in [1.54, 1.807) is 6.07 Å². The Morgan fingerprint density at radius 1 is 1.29 bits per heavy atom. The van der Waals surface area contributed by atoms with Gasteiger partial charge in [-0.2, -0.15) is 0 Å². The van der Waals surface area contributed by atoms with Crippen molar-refractivity contribution in [3.05, 3.63) is 46.3 Å². The summed E-state index contributed by atoms with van der Waals surface area (Å²) < 4.78 is 11.5. The maximum atomic E-state index is 8.63. The zero-order valence-electron chi connectivity index (χ0n) is 12.4. The Morgan fingerprint density at radius 2 is 2.14 bits per heavy atom. The largest absolute Gasteiger partial charge is 0.465 e. The number of hydrogen-bond donors (Lipinski definition) is 0. The van der Waals surface area contributed by atoms with Gasteiger partial charge in [0.05, 0.1) is 6.61 Å². The molecule has 1 aliphatic rings. The maximum absolute atomic E-state index is 8.63. The molecule has 0 spiro atoms. The molecule has 1 unspecified atom stereocenters. The van der Waals surface area contributed by atoms with Gasteiger partial charge in [0.25, 0.3) is 0 Å².